The first-order valence-electron chi connectivity index (χ1n) is 8.22. The third-order valence-electron chi connectivity index (χ3n) is 4.05. The molecular weight excluding hydrogens is 272 g/mol. The van der Waals surface area contributed by atoms with Gasteiger partial charge in [0.2, 0.25) is 0 Å². The summed E-state index contributed by atoms with van der Waals surface area (Å²) in [4.78, 5) is 0. The number of nitrogens with one attached hydrogen (secondary N) is 1. The summed E-state index contributed by atoms with van der Waals surface area (Å²) in [6, 6.07) is 11.8. The minimum atomic E-state index is -0.179. The molecule has 0 radical (unpaired) electrons. The number of allylic oxidation sites excluding steroid dienone is 1. The van der Waals surface area contributed by atoms with Gasteiger partial charge in [-0.05, 0) is 36.7 Å². The first kappa shape index (κ1) is 18.4. The van der Waals surface area contributed by atoms with Gasteiger partial charge in [0.15, 0.2) is 0 Å². The molecule has 1 saturated carbocycles. The molecule has 22 heavy (non-hydrogen) atoms. The lowest BCUT2D eigenvalue weighted by Crippen LogP contribution is -2.35. The molecule has 0 heterocycles. The summed E-state index contributed by atoms with van der Waals surface area (Å²) in [5, 5.41) is 22.2. The summed E-state index contributed by atoms with van der Waals surface area (Å²) in [5.41, 5.74) is 1.03. The zero-order chi connectivity index (χ0) is 16.4. The molecule has 120 valence electrons. The number of hydrogen-bond acceptors (Lipinski definition) is 3. The lowest BCUT2D eigenvalue weighted by molar-refractivity contribution is 0.235. The molecule has 1 aliphatic rings. The summed E-state index contributed by atoms with van der Waals surface area (Å²) in [6.07, 6.45) is 5.17. The van der Waals surface area contributed by atoms with Crippen LogP contribution >= 0.6 is 0 Å². The molecule has 0 spiro atoms. The van der Waals surface area contributed by atoms with Crippen molar-refractivity contribution in [3.63, 3.8) is 0 Å². The van der Waals surface area contributed by atoms with Crippen molar-refractivity contribution < 1.29 is 5.11 Å². The zero-order valence-electron chi connectivity index (χ0n) is 13.7. The van der Waals surface area contributed by atoms with Gasteiger partial charge in [-0.15, -0.1) is 6.58 Å². The molecule has 3 heteroatoms. The maximum Gasteiger partial charge on any atom is 0.0989 e. The van der Waals surface area contributed by atoms with Crippen molar-refractivity contribution in [2.75, 3.05) is 6.61 Å². The topological polar surface area (TPSA) is 56.0 Å². The van der Waals surface area contributed by atoms with Crippen molar-refractivity contribution in [3.8, 4) is 6.07 Å². The van der Waals surface area contributed by atoms with Gasteiger partial charge >= 0.3 is 0 Å². The van der Waals surface area contributed by atoms with Crippen molar-refractivity contribution in [1.29, 1.82) is 5.26 Å². The van der Waals surface area contributed by atoms with Gasteiger partial charge in [0.25, 0.3) is 0 Å². The Morgan fingerprint density at radius 1 is 1.41 bits per heavy atom. The Morgan fingerprint density at radius 3 is 2.64 bits per heavy atom. The number of hydrogen-bond donors (Lipinski definition) is 2. The van der Waals surface area contributed by atoms with Crippen LogP contribution in [0.4, 0.5) is 0 Å². The van der Waals surface area contributed by atoms with E-state index in [1.807, 2.05) is 50.3 Å². The second-order valence-electron chi connectivity index (χ2n) is 5.44. The SMILES string of the molecule is C=CCC[C@@H]1CC1C(C#N)N[C@@H](CO)c1ccccc1.CC. The third kappa shape index (κ3) is 5.29. The van der Waals surface area contributed by atoms with Gasteiger partial charge < -0.3 is 5.11 Å². The molecule has 4 atom stereocenters. The normalized spacial score (nSPS) is 21.7. The van der Waals surface area contributed by atoms with Crippen LogP contribution in [0, 0.1) is 23.2 Å². The lowest BCUT2D eigenvalue weighted by Gasteiger charge is -2.20. The van der Waals surface area contributed by atoms with Gasteiger partial charge in [0, 0.05) is 0 Å². The van der Waals surface area contributed by atoms with Crippen LogP contribution in [0.25, 0.3) is 0 Å². The molecule has 0 amide bonds. The van der Waals surface area contributed by atoms with E-state index in [2.05, 4.69) is 18.0 Å². The first-order valence-corrected chi connectivity index (χ1v) is 8.22. The fraction of sp³-hybridized carbons (Fsp3) is 0.526. The maximum absolute atomic E-state index is 9.55. The molecule has 0 bridgehead atoms. The van der Waals surface area contributed by atoms with E-state index in [-0.39, 0.29) is 18.7 Å². The van der Waals surface area contributed by atoms with Crippen molar-refractivity contribution in [1.82, 2.24) is 5.32 Å². The van der Waals surface area contributed by atoms with Gasteiger partial charge in [-0.2, -0.15) is 5.26 Å². The zero-order valence-corrected chi connectivity index (χ0v) is 13.7. The summed E-state index contributed by atoms with van der Waals surface area (Å²) >= 11 is 0. The summed E-state index contributed by atoms with van der Waals surface area (Å²) in [7, 11) is 0. The molecule has 1 aromatic carbocycles. The Morgan fingerprint density at radius 2 is 2.09 bits per heavy atom. The van der Waals surface area contributed by atoms with E-state index in [0.29, 0.717) is 11.8 Å². The van der Waals surface area contributed by atoms with Crippen LogP contribution in [0.3, 0.4) is 0 Å². The second kappa shape index (κ2) is 10.2. The molecular formula is C19H28N2O. The molecule has 2 N–H and O–H groups in total. The number of benzene rings is 1. The van der Waals surface area contributed by atoms with Gasteiger partial charge in [-0.3, -0.25) is 5.32 Å². The highest BCUT2D eigenvalue weighted by Crippen LogP contribution is 2.44. The number of aliphatic hydroxyl groups excluding tert-OH is 1. The first-order chi connectivity index (χ1) is 10.8. The van der Waals surface area contributed by atoms with E-state index in [4.69, 9.17) is 0 Å². The largest absolute Gasteiger partial charge is 0.394 e. The van der Waals surface area contributed by atoms with Crippen LogP contribution in [0.15, 0.2) is 43.0 Å². The molecule has 3 nitrogen and oxygen atoms in total. The molecule has 1 fully saturated rings. The van der Waals surface area contributed by atoms with Crippen LogP contribution in [-0.4, -0.2) is 17.8 Å². The van der Waals surface area contributed by atoms with Crippen LogP contribution in [0.5, 0.6) is 0 Å². The van der Waals surface area contributed by atoms with Gasteiger partial charge in [-0.25, -0.2) is 0 Å². The Balaban J connectivity index is 0.00000116. The van der Waals surface area contributed by atoms with Crippen molar-refractivity contribution in [2.24, 2.45) is 11.8 Å². The van der Waals surface area contributed by atoms with E-state index >= 15 is 0 Å². The number of rotatable bonds is 8. The Kier molecular flexibility index (Phi) is 8.50. The molecule has 1 aliphatic carbocycles. The molecule has 1 aromatic rings. The fourth-order valence-electron chi connectivity index (χ4n) is 2.76. The minimum absolute atomic E-state index is 0.00619. The highest BCUT2D eigenvalue weighted by molar-refractivity contribution is 5.20. The van der Waals surface area contributed by atoms with E-state index in [9.17, 15) is 10.4 Å². The number of aliphatic hydroxyl groups is 1. The van der Waals surface area contributed by atoms with Crippen molar-refractivity contribution >= 4 is 0 Å². The predicted molar refractivity (Wildman–Crippen MR) is 91.2 cm³/mol. The molecule has 0 aliphatic heterocycles. The second-order valence-corrected chi connectivity index (χ2v) is 5.44. The summed E-state index contributed by atoms with van der Waals surface area (Å²) in [6.45, 7) is 7.74. The quantitative estimate of drug-likeness (QED) is 0.717. The average molecular weight is 300 g/mol. The van der Waals surface area contributed by atoms with Crippen LogP contribution in [0.2, 0.25) is 0 Å². The number of nitriles is 1. The number of nitrogens with zero attached hydrogens (tertiary/aromatic N) is 1. The highest BCUT2D eigenvalue weighted by atomic mass is 16.3. The van der Waals surface area contributed by atoms with Gasteiger partial charge in [0.1, 0.15) is 0 Å². The maximum atomic E-state index is 9.55. The standard InChI is InChI=1S/C17H22N2O.C2H6/c1-2-3-7-14-10-15(14)16(11-18)19-17(12-20)13-8-5-4-6-9-13;1-2/h2,4-6,8-9,14-17,19-20H,1,3,7,10,12H2;1-2H3/t14-,15?,16?,17+;/m1./s1. The summed E-state index contributed by atoms with van der Waals surface area (Å²) in [5.74, 6) is 1.04. The van der Waals surface area contributed by atoms with Gasteiger partial charge in [0.05, 0.1) is 24.8 Å². The lowest BCUT2D eigenvalue weighted by atomic mass is 10.0. The van der Waals surface area contributed by atoms with Crippen LogP contribution in [-0.2, 0) is 0 Å². The van der Waals surface area contributed by atoms with E-state index in [1.165, 1.54) is 0 Å². The smallest absolute Gasteiger partial charge is 0.0989 e. The van der Waals surface area contributed by atoms with Crippen LogP contribution in [0.1, 0.15) is 44.7 Å². The predicted octanol–water partition coefficient (Wildman–Crippen LogP) is 3.83. The minimum Gasteiger partial charge on any atom is -0.394 e. The average Bonchev–Trinajstić information content (AvgIpc) is 3.36. The molecule has 2 unspecified atom stereocenters. The fourth-order valence-corrected chi connectivity index (χ4v) is 2.76. The summed E-state index contributed by atoms with van der Waals surface area (Å²) < 4.78 is 0. The molecule has 0 aromatic heterocycles. The van der Waals surface area contributed by atoms with E-state index in [1.54, 1.807) is 0 Å². The molecule has 2 rings (SSSR count). The monoisotopic (exact) mass is 300 g/mol. The third-order valence-corrected chi connectivity index (χ3v) is 4.05. The Labute approximate surface area is 134 Å². The Bertz CT molecular complexity index is 466. The highest BCUT2D eigenvalue weighted by Gasteiger charge is 2.42. The van der Waals surface area contributed by atoms with Crippen molar-refractivity contribution in [2.45, 2.75) is 45.2 Å². The molecule has 0 saturated heterocycles. The van der Waals surface area contributed by atoms with E-state index < -0.39 is 0 Å². The van der Waals surface area contributed by atoms with E-state index in [0.717, 1.165) is 24.8 Å². The van der Waals surface area contributed by atoms with Crippen LogP contribution < -0.4 is 5.32 Å². The Hall–Kier alpha value is -1.63. The van der Waals surface area contributed by atoms with Crippen molar-refractivity contribution in [3.05, 3.63) is 48.6 Å². The van der Waals surface area contributed by atoms with Gasteiger partial charge in [-0.1, -0.05) is 50.3 Å².